The number of ether oxygens (including phenoxy) is 1. The molecule has 1 atom stereocenters. The molecule has 0 bridgehead atoms. The van der Waals surface area contributed by atoms with Crippen molar-refractivity contribution in [1.29, 1.82) is 0 Å². The summed E-state index contributed by atoms with van der Waals surface area (Å²) in [5, 5.41) is 3.32. The van der Waals surface area contributed by atoms with Crippen LogP contribution in [-0.4, -0.2) is 25.8 Å². The number of nitrogens with one attached hydrogen (secondary N) is 1. The SMILES string of the molecule is CCCO[C@@H]1CCCNC1. The van der Waals surface area contributed by atoms with Crippen LogP contribution < -0.4 is 5.32 Å². The van der Waals surface area contributed by atoms with Crippen molar-refractivity contribution < 1.29 is 4.74 Å². The van der Waals surface area contributed by atoms with Gasteiger partial charge in [-0.15, -0.1) is 0 Å². The van der Waals surface area contributed by atoms with E-state index in [1.54, 1.807) is 0 Å². The Morgan fingerprint density at radius 2 is 2.50 bits per heavy atom. The maximum Gasteiger partial charge on any atom is 0.0699 e. The second-order valence-corrected chi connectivity index (χ2v) is 2.84. The normalized spacial score (nSPS) is 26.7. The van der Waals surface area contributed by atoms with Crippen LogP contribution in [0.4, 0.5) is 0 Å². The maximum atomic E-state index is 5.57. The largest absolute Gasteiger partial charge is 0.377 e. The highest BCUT2D eigenvalue weighted by Gasteiger charge is 2.11. The van der Waals surface area contributed by atoms with E-state index >= 15 is 0 Å². The van der Waals surface area contributed by atoms with Gasteiger partial charge in [-0.2, -0.15) is 0 Å². The molecule has 1 N–H and O–H groups in total. The lowest BCUT2D eigenvalue weighted by molar-refractivity contribution is 0.0375. The van der Waals surface area contributed by atoms with Gasteiger partial charge in [0.15, 0.2) is 0 Å². The molecule has 1 rings (SSSR count). The minimum Gasteiger partial charge on any atom is -0.377 e. The van der Waals surface area contributed by atoms with Gasteiger partial charge in [0.2, 0.25) is 0 Å². The lowest BCUT2D eigenvalue weighted by Gasteiger charge is -2.22. The fraction of sp³-hybridized carbons (Fsp3) is 1.00. The summed E-state index contributed by atoms with van der Waals surface area (Å²) in [7, 11) is 0. The van der Waals surface area contributed by atoms with Crippen molar-refractivity contribution in [3.05, 3.63) is 0 Å². The van der Waals surface area contributed by atoms with Crippen LogP contribution in [-0.2, 0) is 4.74 Å². The highest BCUT2D eigenvalue weighted by molar-refractivity contribution is 4.68. The third-order valence-corrected chi connectivity index (χ3v) is 1.81. The predicted molar refractivity (Wildman–Crippen MR) is 42.1 cm³/mol. The third kappa shape index (κ3) is 2.67. The standard InChI is InChI=1S/C8H17NO/c1-2-6-10-8-4-3-5-9-7-8/h8-9H,2-7H2,1H3/t8-/m1/s1. The van der Waals surface area contributed by atoms with Gasteiger partial charge in [0.25, 0.3) is 0 Å². The lowest BCUT2D eigenvalue weighted by atomic mass is 10.1. The fourth-order valence-electron chi connectivity index (χ4n) is 1.25. The van der Waals surface area contributed by atoms with E-state index in [1.807, 2.05) is 0 Å². The molecule has 1 aliphatic heterocycles. The van der Waals surface area contributed by atoms with Gasteiger partial charge >= 0.3 is 0 Å². The van der Waals surface area contributed by atoms with Crippen molar-refractivity contribution in [2.45, 2.75) is 32.3 Å². The first-order chi connectivity index (χ1) is 4.93. The van der Waals surface area contributed by atoms with Gasteiger partial charge in [-0.3, -0.25) is 0 Å². The summed E-state index contributed by atoms with van der Waals surface area (Å²) in [5.41, 5.74) is 0. The van der Waals surface area contributed by atoms with Crippen LogP contribution in [0.15, 0.2) is 0 Å². The average Bonchev–Trinajstić information content (AvgIpc) is 2.03. The molecule has 10 heavy (non-hydrogen) atoms. The second kappa shape index (κ2) is 4.69. The van der Waals surface area contributed by atoms with Crippen molar-refractivity contribution >= 4 is 0 Å². The van der Waals surface area contributed by atoms with Gasteiger partial charge in [-0.1, -0.05) is 6.92 Å². The molecule has 0 aromatic carbocycles. The first kappa shape index (κ1) is 8.02. The topological polar surface area (TPSA) is 21.3 Å². The molecule has 0 aromatic rings. The summed E-state index contributed by atoms with van der Waals surface area (Å²) in [6.45, 7) is 5.30. The van der Waals surface area contributed by atoms with Crippen molar-refractivity contribution in [3.63, 3.8) is 0 Å². The Morgan fingerprint density at radius 3 is 3.10 bits per heavy atom. The van der Waals surface area contributed by atoms with Gasteiger partial charge in [0, 0.05) is 13.2 Å². The van der Waals surface area contributed by atoms with Crippen molar-refractivity contribution in [2.75, 3.05) is 19.7 Å². The van der Waals surface area contributed by atoms with Crippen LogP contribution in [0.25, 0.3) is 0 Å². The number of hydrogen-bond donors (Lipinski definition) is 1. The molecule has 0 aromatic heterocycles. The highest BCUT2D eigenvalue weighted by atomic mass is 16.5. The van der Waals surface area contributed by atoms with E-state index in [-0.39, 0.29) is 0 Å². The summed E-state index contributed by atoms with van der Waals surface area (Å²) in [6, 6.07) is 0. The summed E-state index contributed by atoms with van der Waals surface area (Å²) in [6.07, 6.45) is 4.14. The number of hydrogen-bond acceptors (Lipinski definition) is 2. The van der Waals surface area contributed by atoms with Crippen LogP contribution in [0.3, 0.4) is 0 Å². The smallest absolute Gasteiger partial charge is 0.0699 e. The lowest BCUT2D eigenvalue weighted by Crippen LogP contribution is -2.35. The van der Waals surface area contributed by atoms with Gasteiger partial charge in [0.05, 0.1) is 6.10 Å². The van der Waals surface area contributed by atoms with Gasteiger partial charge in [0.1, 0.15) is 0 Å². The first-order valence-corrected chi connectivity index (χ1v) is 4.26. The highest BCUT2D eigenvalue weighted by Crippen LogP contribution is 2.05. The quantitative estimate of drug-likeness (QED) is 0.640. The molecule has 60 valence electrons. The van der Waals surface area contributed by atoms with Crippen molar-refractivity contribution in [1.82, 2.24) is 5.32 Å². The van der Waals surface area contributed by atoms with E-state index in [0.717, 1.165) is 19.6 Å². The molecular formula is C8H17NO. The molecule has 1 aliphatic rings. The Balaban J connectivity index is 2.02. The van der Waals surface area contributed by atoms with Gasteiger partial charge in [-0.25, -0.2) is 0 Å². The van der Waals surface area contributed by atoms with E-state index in [1.165, 1.54) is 19.4 Å². The molecule has 0 radical (unpaired) electrons. The molecule has 1 saturated heterocycles. The fourth-order valence-corrected chi connectivity index (χ4v) is 1.25. The van der Waals surface area contributed by atoms with Crippen LogP contribution in [0.1, 0.15) is 26.2 Å². The molecule has 0 aliphatic carbocycles. The monoisotopic (exact) mass is 143 g/mol. The Labute approximate surface area is 63.0 Å². The summed E-state index contributed by atoms with van der Waals surface area (Å²) in [4.78, 5) is 0. The number of rotatable bonds is 3. The molecule has 1 fully saturated rings. The minimum absolute atomic E-state index is 0.494. The molecule has 0 unspecified atom stereocenters. The van der Waals surface area contributed by atoms with E-state index in [2.05, 4.69) is 12.2 Å². The predicted octanol–water partition coefficient (Wildman–Crippen LogP) is 1.17. The zero-order valence-corrected chi connectivity index (χ0v) is 6.73. The van der Waals surface area contributed by atoms with E-state index in [4.69, 9.17) is 4.74 Å². The molecule has 0 saturated carbocycles. The number of piperidine rings is 1. The third-order valence-electron chi connectivity index (χ3n) is 1.81. The van der Waals surface area contributed by atoms with Crippen LogP contribution in [0, 0.1) is 0 Å². The van der Waals surface area contributed by atoms with Crippen molar-refractivity contribution in [2.24, 2.45) is 0 Å². The summed E-state index contributed by atoms with van der Waals surface area (Å²) >= 11 is 0. The Hall–Kier alpha value is -0.0800. The average molecular weight is 143 g/mol. The Kier molecular flexibility index (Phi) is 3.76. The van der Waals surface area contributed by atoms with Crippen LogP contribution in [0.2, 0.25) is 0 Å². The minimum atomic E-state index is 0.494. The first-order valence-electron chi connectivity index (χ1n) is 4.26. The van der Waals surface area contributed by atoms with E-state index < -0.39 is 0 Å². The van der Waals surface area contributed by atoms with Gasteiger partial charge < -0.3 is 10.1 Å². The molecule has 2 heteroatoms. The van der Waals surface area contributed by atoms with Crippen LogP contribution in [0.5, 0.6) is 0 Å². The van der Waals surface area contributed by atoms with Gasteiger partial charge in [-0.05, 0) is 25.8 Å². The zero-order valence-electron chi connectivity index (χ0n) is 6.73. The van der Waals surface area contributed by atoms with E-state index in [9.17, 15) is 0 Å². The summed E-state index contributed by atoms with van der Waals surface area (Å²) in [5.74, 6) is 0. The van der Waals surface area contributed by atoms with Crippen molar-refractivity contribution in [3.8, 4) is 0 Å². The van der Waals surface area contributed by atoms with E-state index in [0.29, 0.717) is 6.10 Å². The maximum absolute atomic E-state index is 5.57. The second-order valence-electron chi connectivity index (χ2n) is 2.84. The van der Waals surface area contributed by atoms with Crippen LogP contribution >= 0.6 is 0 Å². The Morgan fingerprint density at radius 1 is 1.60 bits per heavy atom. The molecule has 2 nitrogen and oxygen atoms in total. The molecule has 0 amide bonds. The summed E-state index contributed by atoms with van der Waals surface area (Å²) < 4.78 is 5.57. The zero-order chi connectivity index (χ0) is 7.23. The molecular weight excluding hydrogens is 126 g/mol. The molecule has 1 heterocycles. The molecule has 0 spiro atoms. The Bertz CT molecular complexity index is 79.3.